The second kappa shape index (κ2) is 10.7. The molecule has 2 heterocycles. The van der Waals surface area contributed by atoms with Crippen molar-refractivity contribution in [1.82, 2.24) is 14.9 Å². The number of nitrogens with one attached hydrogen (secondary N) is 1. The Bertz CT molecular complexity index is 1380. The number of benzene rings is 3. The van der Waals surface area contributed by atoms with Gasteiger partial charge in [0.05, 0.1) is 0 Å². The highest BCUT2D eigenvalue weighted by Crippen LogP contribution is 2.24. The summed E-state index contributed by atoms with van der Waals surface area (Å²) in [6.45, 7) is 6.38. The Balaban J connectivity index is 1.22. The van der Waals surface area contributed by atoms with Crippen molar-refractivity contribution < 1.29 is 13.9 Å². The monoisotopic (exact) mass is 497 g/mol. The predicted molar refractivity (Wildman–Crippen MR) is 142 cm³/mol. The van der Waals surface area contributed by atoms with Gasteiger partial charge in [-0.1, -0.05) is 23.8 Å². The molecule has 0 spiro atoms. The van der Waals surface area contributed by atoms with Crippen molar-refractivity contribution in [2.24, 2.45) is 0 Å². The molecule has 0 bridgehead atoms. The second-order valence-electron chi connectivity index (χ2n) is 9.05. The first-order valence-electron chi connectivity index (χ1n) is 12.2. The van der Waals surface area contributed by atoms with E-state index >= 15 is 0 Å². The maximum absolute atomic E-state index is 13.2. The molecule has 0 saturated carbocycles. The summed E-state index contributed by atoms with van der Waals surface area (Å²) in [5, 5.41) is 3.35. The summed E-state index contributed by atoms with van der Waals surface area (Å²) in [4.78, 5) is 26.5. The van der Waals surface area contributed by atoms with Crippen LogP contribution >= 0.6 is 0 Å². The van der Waals surface area contributed by atoms with Gasteiger partial charge in [-0.15, -0.1) is 0 Å². The molecule has 4 aromatic rings. The summed E-state index contributed by atoms with van der Waals surface area (Å²) >= 11 is 0. The van der Waals surface area contributed by atoms with Crippen LogP contribution in [0.3, 0.4) is 0 Å². The Kier molecular flexibility index (Phi) is 6.98. The van der Waals surface area contributed by atoms with Gasteiger partial charge in [-0.05, 0) is 68.4 Å². The molecule has 1 saturated heterocycles. The van der Waals surface area contributed by atoms with Crippen LogP contribution in [-0.2, 0) is 0 Å². The van der Waals surface area contributed by atoms with Crippen LogP contribution in [0.4, 0.5) is 21.8 Å². The summed E-state index contributed by atoms with van der Waals surface area (Å²) < 4.78 is 18.9. The highest BCUT2D eigenvalue weighted by Gasteiger charge is 2.24. The number of nitrogens with zero attached hydrogens (tertiary/aromatic N) is 4. The molecule has 1 N–H and O–H groups in total. The number of anilines is 3. The number of aryl methyl sites for hydroxylation is 2. The highest BCUT2D eigenvalue weighted by atomic mass is 19.1. The maximum Gasteiger partial charge on any atom is 0.254 e. The zero-order valence-corrected chi connectivity index (χ0v) is 20.8. The van der Waals surface area contributed by atoms with Gasteiger partial charge < -0.3 is 19.9 Å². The fourth-order valence-corrected chi connectivity index (χ4v) is 4.17. The van der Waals surface area contributed by atoms with E-state index in [0.717, 1.165) is 17.2 Å². The van der Waals surface area contributed by atoms with Crippen molar-refractivity contribution in [3.63, 3.8) is 0 Å². The van der Waals surface area contributed by atoms with E-state index in [0.29, 0.717) is 49.2 Å². The maximum atomic E-state index is 13.2. The van der Waals surface area contributed by atoms with Crippen LogP contribution < -0.4 is 15.0 Å². The van der Waals surface area contributed by atoms with Gasteiger partial charge in [0.25, 0.3) is 5.91 Å². The molecule has 37 heavy (non-hydrogen) atoms. The summed E-state index contributed by atoms with van der Waals surface area (Å²) in [5.74, 6) is 2.03. The SMILES string of the molecule is Cc1ccc(Nc2cc(C)nc(N3CCN(C(=O)c4cccc(Oc5ccc(F)cc5)c4)CC3)n2)cc1. The van der Waals surface area contributed by atoms with Gasteiger partial charge in [-0.25, -0.2) is 9.37 Å². The van der Waals surface area contributed by atoms with Gasteiger partial charge in [0.2, 0.25) is 5.95 Å². The number of halogens is 1. The number of carbonyl (C=O) groups excluding carboxylic acids is 1. The molecule has 1 fully saturated rings. The van der Waals surface area contributed by atoms with Crippen LogP contribution in [0, 0.1) is 19.7 Å². The van der Waals surface area contributed by atoms with Crippen LogP contribution in [0.2, 0.25) is 0 Å². The third-order valence-corrected chi connectivity index (χ3v) is 6.15. The van der Waals surface area contributed by atoms with E-state index in [4.69, 9.17) is 9.72 Å². The predicted octanol–water partition coefficient (Wildman–Crippen LogP) is 5.73. The smallest absolute Gasteiger partial charge is 0.254 e. The molecule has 7 nitrogen and oxygen atoms in total. The lowest BCUT2D eigenvalue weighted by Crippen LogP contribution is -2.49. The summed E-state index contributed by atoms with van der Waals surface area (Å²) in [6.07, 6.45) is 0. The molecule has 3 aromatic carbocycles. The van der Waals surface area contributed by atoms with Crippen molar-refractivity contribution in [1.29, 1.82) is 0 Å². The van der Waals surface area contributed by atoms with Crippen molar-refractivity contribution in [3.05, 3.63) is 102 Å². The number of rotatable bonds is 6. The Morgan fingerprint density at radius 3 is 2.32 bits per heavy atom. The van der Waals surface area contributed by atoms with E-state index < -0.39 is 0 Å². The van der Waals surface area contributed by atoms with Gasteiger partial charge in [0, 0.05) is 49.2 Å². The standard InChI is InChI=1S/C29H28FN5O2/c1-20-6-10-24(11-7-20)32-27-18-21(2)31-29(33-27)35-16-14-34(15-17-35)28(36)22-4-3-5-26(19-22)37-25-12-8-23(30)9-13-25/h3-13,18-19H,14-17H2,1-2H3,(H,31,32,33). The van der Waals surface area contributed by atoms with Crippen molar-refractivity contribution in [2.75, 3.05) is 36.4 Å². The number of hydrogen-bond acceptors (Lipinski definition) is 6. The van der Waals surface area contributed by atoms with E-state index in [-0.39, 0.29) is 11.7 Å². The number of piperazine rings is 1. The second-order valence-corrected chi connectivity index (χ2v) is 9.05. The first-order chi connectivity index (χ1) is 17.9. The zero-order chi connectivity index (χ0) is 25.8. The molecule has 8 heteroatoms. The highest BCUT2D eigenvalue weighted by molar-refractivity contribution is 5.94. The van der Waals surface area contributed by atoms with Crippen LogP contribution in [0.5, 0.6) is 11.5 Å². The average Bonchev–Trinajstić information content (AvgIpc) is 2.91. The normalized spacial score (nSPS) is 13.4. The Hall–Kier alpha value is -4.46. The molecule has 0 aliphatic carbocycles. The van der Waals surface area contributed by atoms with E-state index in [9.17, 15) is 9.18 Å². The number of carbonyl (C=O) groups is 1. The number of hydrogen-bond donors (Lipinski definition) is 1. The Morgan fingerprint density at radius 1 is 0.865 bits per heavy atom. The molecule has 1 aliphatic heterocycles. The largest absolute Gasteiger partial charge is 0.457 e. The van der Waals surface area contributed by atoms with E-state index in [2.05, 4.69) is 34.3 Å². The topological polar surface area (TPSA) is 70.6 Å². The van der Waals surface area contributed by atoms with E-state index in [1.165, 1.54) is 17.7 Å². The molecule has 188 valence electrons. The Labute approximate surface area is 215 Å². The van der Waals surface area contributed by atoms with Gasteiger partial charge in [0.15, 0.2) is 0 Å². The number of amides is 1. The molecule has 0 radical (unpaired) electrons. The summed E-state index contributed by atoms with van der Waals surface area (Å²) in [7, 11) is 0. The lowest BCUT2D eigenvalue weighted by atomic mass is 10.1. The minimum atomic E-state index is -0.328. The average molecular weight is 498 g/mol. The van der Waals surface area contributed by atoms with Gasteiger partial charge in [0.1, 0.15) is 23.1 Å². The number of aromatic nitrogens is 2. The first kappa shape index (κ1) is 24.2. The van der Waals surface area contributed by atoms with Crippen LogP contribution in [0.1, 0.15) is 21.6 Å². The van der Waals surface area contributed by atoms with Crippen LogP contribution in [0.15, 0.2) is 78.9 Å². The molecule has 1 aliphatic rings. The lowest BCUT2D eigenvalue weighted by Gasteiger charge is -2.35. The van der Waals surface area contributed by atoms with Crippen molar-refractivity contribution in [3.8, 4) is 11.5 Å². The minimum Gasteiger partial charge on any atom is -0.457 e. The van der Waals surface area contributed by atoms with Crippen LogP contribution in [0.25, 0.3) is 0 Å². The lowest BCUT2D eigenvalue weighted by molar-refractivity contribution is 0.0746. The fraction of sp³-hybridized carbons (Fsp3) is 0.207. The number of ether oxygens (including phenoxy) is 1. The molecule has 5 rings (SSSR count). The minimum absolute atomic E-state index is 0.0592. The molecule has 1 amide bonds. The fourth-order valence-electron chi connectivity index (χ4n) is 4.17. The van der Waals surface area contributed by atoms with Crippen molar-refractivity contribution >= 4 is 23.4 Å². The molecule has 0 unspecified atom stereocenters. The van der Waals surface area contributed by atoms with Crippen LogP contribution in [-0.4, -0.2) is 47.0 Å². The third kappa shape index (κ3) is 6.03. The van der Waals surface area contributed by atoms with Gasteiger partial charge in [-0.2, -0.15) is 4.98 Å². The molecule has 0 atom stereocenters. The Morgan fingerprint density at radius 2 is 1.59 bits per heavy atom. The summed E-state index contributed by atoms with van der Waals surface area (Å²) in [5.41, 5.74) is 3.58. The zero-order valence-electron chi connectivity index (χ0n) is 20.8. The quantitative estimate of drug-likeness (QED) is 0.367. The van der Waals surface area contributed by atoms with Gasteiger partial charge in [-0.3, -0.25) is 4.79 Å². The molecular formula is C29H28FN5O2. The first-order valence-corrected chi connectivity index (χ1v) is 12.2. The van der Waals surface area contributed by atoms with Gasteiger partial charge >= 0.3 is 0 Å². The van der Waals surface area contributed by atoms with Crippen molar-refractivity contribution in [2.45, 2.75) is 13.8 Å². The van der Waals surface area contributed by atoms with E-state index in [1.807, 2.05) is 30.0 Å². The summed E-state index contributed by atoms with van der Waals surface area (Å²) in [6, 6.07) is 22.9. The molecular weight excluding hydrogens is 469 g/mol. The molecule has 1 aromatic heterocycles. The third-order valence-electron chi connectivity index (χ3n) is 6.15. The van der Waals surface area contributed by atoms with E-state index in [1.54, 1.807) is 36.4 Å².